The molecule has 1 atom stereocenters. The first-order valence-corrected chi connectivity index (χ1v) is 7.73. The van der Waals surface area contributed by atoms with Gasteiger partial charge in [0.15, 0.2) is 11.4 Å². The molecule has 4 rings (SSSR count). The van der Waals surface area contributed by atoms with Gasteiger partial charge < -0.3 is 14.7 Å². The molecule has 0 amide bonds. The summed E-state index contributed by atoms with van der Waals surface area (Å²) in [5.41, 5.74) is -0.247. The van der Waals surface area contributed by atoms with Crippen molar-refractivity contribution in [1.29, 1.82) is 0 Å². The number of nitrogens with zero attached hydrogens (tertiary/aromatic N) is 3. The van der Waals surface area contributed by atoms with Crippen molar-refractivity contribution in [3.05, 3.63) is 35.3 Å². The maximum absolute atomic E-state index is 12.6. The number of hydrogen-bond donors (Lipinski definition) is 1. The fourth-order valence-electron chi connectivity index (χ4n) is 2.87. The second-order valence-corrected chi connectivity index (χ2v) is 6.12. The van der Waals surface area contributed by atoms with Crippen molar-refractivity contribution >= 4 is 33.6 Å². The molecule has 7 heteroatoms. The molecular weight excluding hydrogens is 302 g/mol. The molecule has 6 nitrogen and oxygen atoms in total. The third-order valence-electron chi connectivity index (χ3n) is 4.04. The summed E-state index contributed by atoms with van der Waals surface area (Å²) in [6, 6.07) is 5.31. The largest absolute Gasteiger partial charge is 0.481 e. The SMILES string of the molecule is COc1ccc(N2CCC3(O)C(=O)c4ccsc4N=C23)cn1. The van der Waals surface area contributed by atoms with Gasteiger partial charge in [0.2, 0.25) is 11.7 Å². The van der Waals surface area contributed by atoms with Crippen molar-refractivity contribution in [3.63, 3.8) is 0 Å². The molecule has 1 N–H and O–H groups in total. The number of carbonyl (C=O) groups is 1. The van der Waals surface area contributed by atoms with Crippen molar-refractivity contribution < 1.29 is 14.6 Å². The number of pyridine rings is 1. The summed E-state index contributed by atoms with van der Waals surface area (Å²) in [5.74, 6) is 0.637. The Morgan fingerprint density at radius 1 is 1.41 bits per heavy atom. The number of rotatable bonds is 2. The van der Waals surface area contributed by atoms with Crippen molar-refractivity contribution in [3.8, 4) is 5.88 Å². The van der Waals surface area contributed by atoms with E-state index in [4.69, 9.17) is 4.74 Å². The van der Waals surface area contributed by atoms with Crippen LogP contribution >= 0.6 is 11.3 Å². The van der Waals surface area contributed by atoms with Crippen LogP contribution in [0, 0.1) is 0 Å². The number of ketones is 1. The number of amidine groups is 1. The molecule has 0 saturated carbocycles. The highest BCUT2D eigenvalue weighted by Gasteiger charge is 2.52. The van der Waals surface area contributed by atoms with Gasteiger partial charge in [0.1, 0.15) is 5.00 Å². The first-order chi connectivity index (χ1) is 10.6. The average molecular weight is 315 g/mol. The minimum Gasteiger partial charge on any atom is -0.481 e. The third kappa shape index (κ3) is 1.72. The maximum Gasteiger partial charge on any atom is 0.213 e. The monoisotopic (exact) mass is 315 g/mol. The number of methoxy groups -OCH3 is 1. The van der Waals surface area contributed by atoms with Crippen LogP contribution in [0.4, 0.5) is 10.7 Å². The molecule has 4 heterocycles. The van der Waals surface area contributed by atoms with Gasteiger partial charge in [-0.2, -0.15) is 0 Å². The minimum absolute atomic E-state index is 0.266. The highest BCUT2D eigenvalue weighted by molar-refractivity contribution is 7.14. The zero-order valence-corrected chi connectivity index (χ0v) is 12.6. The summed E-state index contributed by atoms with van der Waals surface area (Å²) in [6.07, 6.45) is 1.98. The summed E-state index contributed by atoms with van der Waals surface area (Å²) < 4.78 is 5.05. The van der Waals surface area contributed by atoms with E-state index in [2.05, 4.69) is 9.98 Å². The first-order valence-electron chi connectivity index (χ1n) is 6.85. The molecule has 0 bridgehead atoms. The van der Waals surface area contributed by atoms with Gasteiger partial charge in [-0.3, -0.25) is 4.79 Å². The second-order valence-electron chi connectivity index (χ2n) is 5.22. The average Bonchev–Trinajstić information content (AvgIpc) is 3.14. The molecule has 0 aromatic carbocycles. The highest BCUT2D eigenvalue weighted by atomic mass is 32.1. The molecular formula is C15H13N3O3S. The molecule has 0 aliphatic carbocycles. The summed E-state index contributed by atoms with van der Waals surface area (Å²) in [7, 11) is 1.55. The van der Waals surface area contributed by atoms with Crippen LogP contribution in [-0.2, 0) is 0 Å². The Balaban J connectivity index is 1.79. The van der Waals surface area contributed by atoms with Crippen molar-refractivity contribution in [2.75, 3.05) is 18.6 Å². The van der Waals surface area contributed by atoms with Crippen LogP contribution in [0.3, 0.4) is 0 Å². The minimum atomic E-state index is -1.53. The number of aliphatic hydroxyl groups is 1. The Morgan fingerprint density at radius 3 is 3.00 bits per heavy atom. The Morgan fingerprint density at radius 2 is 2.27 bits per heavy atom. The number of ether oxygens (including phenoxy) is 1. The molecule has 1 saturated heterocycles. The van der Waals surface area contributed by atoms with Crippen LogP contribution < -0.4 is 9.64 Å². The Bertz CT molecular complexity index is 784. The number of carbonyl (C=O) groups excluding carboxylic acids is 1. The molecule has 112 valence electrons. The lowest BCUT2D eigenvalue weighted by Crippen LogP contribution is -2.48. The van der Waals surface area contributed by atoms with Crippen LogP contribution in [0.15, 0.2) is 34.8 Å². The Kier molecular flexibility index (Phi) is 2.82. The lowest BCUT2D eigenvalue weighted by molar-refractivity contribution is 0.0603. The van der Waals surface area contributed by atoms with Gasteiger partial charge in [0.25, 0.3) is 0 Å². The number of aliphatic imine (C=N–C) groups is 1. The third-order valence-corrected chi connectivity index (χ3v) is 4.84. The topological polar surface area (TPSA) is 75.0 Å². The van der Waals surface area contributed by atoms with Crippen molar-refractivity contribution in [1.82, 2.24) is 4.98 Å². The van der Waals surface area contributed by atoms with E-state index in [0.29, 0.717) is 35.2 Å². The molecule has 1 unspecified atom stereocenters. The molecule has 1 fully saturated rings. The summed E-state index contributed by atoms with van der Waals surface area (Å²) in [6.45, 7) is 0.518. The van der Waals surface area contributed by atoms with E-state index in [0.717, 1.165) is 5.69 Å². The molecule has 22 heavy (non-hydrogen) atoms. The number of Topliss-reactive ketones (excluding diaryl/α,β-unsaturated/α-hetero) is 1. The van der Waals surface area contributed by atoms with Gasteiger partial charge in [-0.15, -0.1) is 11.3 Å². The number of fused-ring (bicyclic) bond motifs is 2. The first kappa shape index (κ1) is 13.4. The van der Waals surface area contributed by atoms with Crippen LogP contribution in [0.1, 0.15) is 16.8 Å². The van der Waals surface area contributed by atoms with E-state index in [1.807, 2.05) is 16.3 Å². The predicted octanol–water partition coefficient (Wildman–Crippen LogP) is 2.02. The molecule has 0 radical (unpaired) electrons. The van der Waals surface area contributed by atoms with Crippen LogP contribution in [0.2, 0.25) is 0 Å². The fourth-order valence-corrected chi connectivity index (χ4v) is 3.63. The molecule has 2 aliphatic heterocycles. The van der Waals surface area contributed by atoms with Gasteiger partial charge in [-0.05, 0) is 17.5 Å². The van der Waals surface area contributed by atoms with Gasteiger partial charge in [0.05, 0.1) is 24.6 Å². The van der Waals surface area contributed by atoms with Crippen LogP contribution in [0.5, 0.6) is 5.88 Å². The summed E-state index contributed by atoms with van der Waals surface area (Å²) in [5, 5.41) is 13.3. The van der Waals surface area contributed by atoms with E-state index in [9.17, 15) is 9.90 Å². The summed E-state index contributed by atoms with van der Waals surface area (Å²) >= 11 is 1.40. The van der Waals surface area contributed by atoms with E-state index >= 15 is 0 Å². The zero-order chi connectivity index (χ0) is 15.3. The van der Waals surface area contributed by atoms with Gasteiger partial charge in [-0.25, -0.2) is 9.98 Å². The fraction of sp³-hybridized carbons (Fsp3) is 0.267. The van der Waals surface area contributed by atoms with E-state index in [1.54, 1.807) is 25.4 Å². The zero-order valence-electron chi connectivity index (χ0n) is 11.8. The molecule has 2 aromatic heterocycles. The summed E-state index contributed by atoms with van der Waals surface area (Å²) in [4.78, 5) is 23.1. The van der Waals surface area contributed by atoms with Gasteiger partial charge >= 0.3 is 0 Å². The number of hydrogen-bond acceptors (Lipinski definition) is 7. The van der Waals surface area contributed by atoms with Crippen molar-refractivity contribution in [2.45, 2.75) is 12.0 Å². The Labute approximate surface area is 130 Å². The van der Waals surface area contributed by atoms with Crippen LogP contribution in [0.25, 0.3) is 0 Å². The smallest absolute Gasteiger partial charge is 0.213 e. The number of thiophene rings is 1. The van der Waals surface area contributed by atoms with Gasteiger partial charge in [-0.1, -0.05) is 0 Å². The van der Waals surface area contributed by atoms with Crippen LogP contribution in [-0.4, -0.2) is 41.0 Å². The lowest BCUT2D eigenvalue weighted by atomic mass is 9.90. The molecule has 0 spiro atoms. The van der Waals surface area contributed by atoms with E-state index < -0.39 is 5.60 Å². The molecule has 2 aliphatic rings. The number of anilines is 1. The van der Waals surface area contributed by atoms with Crippen molar-refractivity contribution in [2.24, 2.45) is 4.99 Å². The molecule has 2 aromatic rings. The van der Waals surface area contributed by atoms with E-state index in [1.165, 1.54) is 11.3 Å². The number of aromatic nitrogens is 1. The maximum atomic E-state index is 12.6. The standard InChI is InChI=1S/C15H13N3O3S/c1-21-11-3-2-9(8-16-11)18-6-5-15(20)12(19)10-4-7-22-13(10)17-14(15)18/h2-4,7-8,20H,5-6H2,1H3. The highest BCUT2D eigenvalue weighted by Crippen LogP contribution is 2.41. The van der Waals surface area contributed by atoms with Gasteiger partial charge in [0, 0.05) is 19.0 Å². The predicted molar refractivity (Wildman–Crippen MR) is 83.4 cm³/mol. The normalized spacial score (nSPS) is 23.1. The lowest BCUT2D eigenvalue weighted by Gasteiger charge is -2.28. The quantitative estimate of drug-likeness (QED) is 0.917. The Hall–Kier alpha value is -2.25. The van der Waals surface area contributed by atoms with E-state index in [-0.39, 0.29) is 5.78 Å². The second kappa shape index (κ2) is 4.62.